The molecule has 2 heterocycles. The highest BCUT2D eigenvalue weighted by Gasteiger charge is 2.28. The van der Waals surface area contributed by atoms with Gasteiger partial charge >= 0.3 is 0 Å². The summed E-state index contributed by atoms with van der Waals surface area (Å²) in [5.41, 5.74) is 0.749. The lowest BCUT2D eigenvalue weighted by atomic mass is 10.4. The van der Waals surface area contributed by atoms with Crippen molar-refractivity contribution in [2.24, 2.45) is 0 Å². The second-order valence-electron chi connectivity index (χ2n) is 3.22. The maximum atomic E-state index is 11.5. The summed E-state index contributed by atoms with van der Waals surface area (Å²) in [6, 6.07) is 1.73. The van der Waals surface area contributed by atoms with Crippen molar-refractivity contribution in [2.45, 2.75) is 11.7 Å². The summed E-state index contributed by atoms with van der Waals surface area (Å²) in [5.74, 6) is 0.0778. The molecule has 1 amide bonds. The molecule has 1 aliphatic heterocycles. The van der Waals surface area contributed by atoms with Gasteiger partial charge in [-0.05, 0) is 6.07 Å². The lowest BCUT2D eigenvalue weighted by molar-refractivity contribution is -0.117. The Morgan fingerprint density at radius 2 is 2.36 bits per heavy atom. The number of aromatic nitrogens is 1. The number of thiol groups is 1. The fourth-order valence-corrected chi connectivity index (χ4v) is 1.97. The molecule has 0 aromatic carbocycles. The minimum atomic E-state index is 0.0778. The quantitative estimate of drug-likeness (QED) is 0.744. The smallest absolute Gasteiger partial charge is 0.228 e. The molecular formula is C9H9ClN2OS. The molecule has 1 atom stereocenters. The van der Waals surface area contributed by atoms with Gasteiger partial charge in [-0.2, -0.15) is 12.6 Å². The van der Waals surface area contributed by atoms with Crippen molar-refractivity contribution in [1.29, 1.82) is 0 Å². The molecule has 1 saturated heterocycles. The Balaban J connectivity index is 2.27. The highest BCUT2D eigenvalue weighted by molar-refractivity contribution is 7.81. The van der Waals surface area contributed by atoms with E-state index in [0.717, 1.165) is 5.69 Å². The lowest BCUT2D eigenvalue weighted by Crippen LogP contribution is -2.24. The molecular weight excluding hydrogens is 220 g/mol. The van der Waals surface area contributed by atoms with Crippen LogP contribution in [0.5, 0.6) is 0 Å². The van der Waals surface area contributed by atoms with Crippen molar-refractivity contribution < 1.29 is 4.79 Å². The molecule has 74 valence electrons. The molecule has 0 bridgehead atoms. The Kier molecular flexibility index (Phi) is 2.65. The van der Waals surface area contributed by atoms with Gasteiger partial charge in [-0.15, -0.1) is 0 Å². The minimum Gasteiger partial charge on any atom is -0.310 e. The van der Waals surface area contributed by atoms with Gasteiger partial charge in [0.1, 0.15) is 0 Å². The third-order valence-electron chi connectivity index (χ3n) is 2.11. The fourth-order valence-electron chi connectivity index (χ4n) is 1.49. The standard InChI is InChI=1S/C9H9ClN2OS/c10-6-1-7(4-11-3-6)12-5-8(14)2-9(12)13/h1,3-4,8,14H,2,5H2. The molecule has 0 radical (unpaired) electrons. The van der Waals surface area contributed by atoms with Crippen molar-refractivity contribution in [1.82, 2.24) is 4.98 Å². The molecule has 0 aliphatic carbocycles. The number of carbonyl (C=O) groups is 1. The largest absolute Gasteiger partial charge is 0.310 e. The van der Waals surface area contributed by atoms with Crippen LogP contribution in [-0.4, -0.2) is 22.7 Å². The second-order valence-corrected chi connectivity index (χ2v) is 4.39. The molecule has 2 rings (SSSR count). The van der Waals surface area contributed by atoms with Crippen LogP contribution in [0, 0.1) is 0 Å². The number of nitrogens with zero attached hydrogens (tertiary/aromatic N) is 2. The van der Waals surface area contributed by atoms with E-state index in [1.807, 2.05) is 0 Å². The summed E-state index contributed by atoms with van der Waals surface area (Å²) >= 11 is 10.1. The van der Waals surface area contributed by atoms with Gasteiger partial charge in [0, 0.05) is 24.4 Å². The zero-order valence-electron chi connectivity index (χ0n) is 7.35. The van der Waals surface area contributed by atoms with Crippen molar-refractivity contribution in [3.8, 4) is 0 Å². The van der Waals surface area contributed by atoms with Gasteiger partial charge in [0.15, 0.2) is 0 Å². The van der Waals surface area contributed by atoms with E-state index in [9.17, 15) is 4.79 Å². The van der Waals surface area contributed by atoms with Gasteiger partial charge in [0.2, 0.25) is 5.91 Å². The minimum absolute atomic E-state index is 0.0778. The first-order chi connectivity index (χ1) is 6.66. The summed E-state index contributed by atoms with van der Waals surface area (Å²) in [5, 5.41) is 0.652. The summed E-state index contributed by atoms with van der Waals surface area (Å²) < 4.78 is 0. The van der Waals surface area contributed by atoms with E-state index >= 15 is 0 Å². The van der Waals surface area contributed by atoms with Gasteiger partial charge < -0.3 is 4.90 Å². The molecule has 1 fully saturated rings. The predicted octanol–water partition coefficient (Wildman–Crippen LogP) is 1.77. The third kappa shape index (κ3) is 1.86. The predicted molar refractivity (Wildman–Crippen MR) is 59.0 cm³/mol. The Hall–Kier alpha value is -0.740. The Morgan fingerprint density at radius 3 is 2.93 bits per heavy atom. The topological polar surface area (TPSA) is 33.2 Å². The molecule has 14 heavy (non-hydrogen) atoms. The highest BCUT2D eigenvalue weighted by atomic mass is 35.5. The van der Waals surface area contributed by atoms with Crippen LogP contribution < -0.4 is 4.90 Å². The van der Waals surface area contributed by atoms with E-state index in [4.69, 9.17) is 11.6 Å². The Morgan fingerprint density at radius 1 is 1.57 bits per heavy atom. The summed E-state index contributed by atoms with van der Waals surface area (Å²) in [6.07, 6.45) is 3.66. The molecule has 1 aliphatic rings. The number of hydrogen-bond donors (Lipinski definition) is 1. The number of rotatable bonds is 1. The third-order valence-corrected chi connectivity index (χ3v) is 2.66. The zero-order chi connectivity index (χ0) is 10.1. The lowest BCUT2D eigenvalue weighted by Gasteiger charge is -2.15. The monoisotopic (exact) mass is 228 g/mol. The van der Waals surface area contributed by atoms with Crippen LogP contribution in [-0.2, 0) is 4.79 Å². The van der Waals surface area contributed by atoms with E-state index in [1.54, 1.807) is 23.4 Å². The van der Waals surface area contributed by atoms with E-state index in [2.05, 4.69) is 17.6 Å². The van der Waals surface area contributed by atoms with Crippen molar-refractivity contribution in [3.63, 3.8) is 0 Å². The average Bonchev–Trinajstić information content (AvgIpc) is 2.45. The summed E-state index contributed by atoms with van der Waals surface area (Å²) in [4.78, 5) is 17.1. The van der Waals surface area contributed by atoms with Crippen molar-refractivity contribution >= 4 is 35.8 Å². The SMILES string of the molecule is O=C1CC(S)CN1c1cncc(Cl)c1. The number of halogens is 1. The van der Waals surface area contributed by atoms with Crippen LogP contribution in [0.1, 0.15) is 6.42 Å². The molecule has 1 aromatic heterocycles. The van der Waals surface area contributed by atoms with Gasteiger partial charge in [0.25, 0.3) is 0 Å². The van der Waals surface area contributed by atoms with E-state index in [0.29, 0.717) is 18.0 Å². The van der Waals surface area contributed by atoms with Gasteiger partial charge in [-0.25, -0.2) is 0 Å². The van der Waals surface area contributed by atoms with Crippen molar-refractivity contribution in [3.05, 3.63) is 23.5 Å². The first kappa shape index (κ1) is 9.80. The normalized spacial score (nSPS) is 21.7. The number of amides is 1. The molecule has 0 spiro atoms. The molecule has 5 heteroatoms. The van der Waals surface area contributed by atoms with Crippen LogP contribution >= 0.6 is 24.2 Å². The van der Waals surface area contributed by atoms with Crippen LogP contribution in [0.15, 0.2) is 18.5 Å². The van der Waals surface area contributed by atoms with Gasteiger partial charge in [-0.1, -0.05) is 11.6 Å². The second kappa shape index (κ2) is 3.79. The molecule has 3 nitrogen and oxygen atoms in total. The van der Waals surface area contributed by atoms with Crippen molar-refractivity contribution in [2.75, 3.05) is 11.4 Å². The highest BCUT2D eigenvalue weighted by Crippen LogP contribution is 2.24. The van der Waals surface area contributed by atoms with E-state index in [1.165, 1.54) is 0 Å². The number of pyridine rings is 1. The molecule has 1 aromatic rings. The Bertz CT molecular complexity index is 372. The first-order valence-electron chi connectivity index (χ1n) is 4.26. The number of anilines is 1. The van der Waals surface area contributed by atoms with Gasteiger partial charge in [0.05, 0.1) is 16.9 Å². The maximum Gasteiger partial charge on any atom is 0.228 e. The molecule has 0 saturated carbocycles. The fraction of sp³-hybridized carbons (Fsp3) is 0.333. The maximum absolute atomic E-state index is 11.5. The van der Waals surface area contributed by atoms with E-state index in [-0.39, 0.29) is 11.2 Å². The summed E-state index contributed by atoms with van der Waals surface area (Å²) in [7, 11) is 0. The van der Waals surface area contributed by atoms with E-state index < -0.39 is 0 Å². The molecule has 1 unspecified atom stereocenters. The van der Waals surface area contributed by atoms with Gasteiger partial charge in [-0.3, -0.25) is 9.78 Å². The number of hydrogen-bond acceptors (Lipinski definition) is 3. The number of carbonyl (C=O) groups excluding carboxylic acids is 1. The van der Waals surface area contributed by atoms with Crippen LogP contribution in [0.2, 0.25) is 5.02 Å². The zero-order valence-corrected chi connectivity index (χ0v) is 9.00. The Labute approximate surface area is 92.5 Å². The van der Waals surface area contributed by atoms with Crippen LogP contribution in [0.4, 0.5) is 5.69 Å². The average molecular weight is 229 g/mol. The first-order valence-corrected chi connectivity index (χ1v) is 5.15. The molecule has 0 N–H and O–H groups in total. The van der Waals surface area contributed by atoms with Crippen LogP contribution in [0.25, 0.3) is 0 Å². The van der Waals surface area contributed by atoms with Crippen LogP contribution in [0.3, 0.4) is 0 Å². The summed E-state index contributed by atoms with van der Waals surface area (Å²) in [6.45, 7) is 0.629.